The summed E-state index contributed by atoms with van der Waals surface area (Å²) in [5, 5.41) is 0. The summed E-state index contributed by atoms with van der Waals surface area (Å²) < 4.78 is 22.2. The lowest BCUT2D eigenvalue weighted by Gasteiger charge is -2.11. The summed E-state index contributed by atoms with van der Waals surface area (Å²) >= 11 is 0. The van der Waals surface area contributed by atoms with E-state index in [1.54, 1.807) is 0 Å². The van der Waals surface area contributed by atoms with Crippen molar-refractivity contribution in [1.29, 1.82) is 0 Å². The van der Waals surface area contributed by atoms with E-state index in [0.717, 1.165) is 25.5 Å². The van der Waals surface area contributed by atoms with Crippen LogP contribution in [0.15, 0.2) is 0 Å². The van der Waals surface area contributed by atoms with Crippen molar-refractivity contribution in [1.82, 2.24) is 0 Å². The second kappa shape index (κ2) is 8.28. The van der Waals surface area contributed by atoms with Gasteiger partial charge in [0.2, 0.25) is 0 Å². The predicted molar refractivity (Wildman–Crippen MR) is 57.8 cm³/mol. The highest BCUT2D eigenvalue weighted by Crippen LogP contribution is 2.17. The number of carbonyl (C=O) groups is 1. The van der Waals surface area contributed by atoms with Crippen LogP contribution in [0.2, 0.25) is 0 Å². The molecular weight excluding hydrogens is 160 g/mol. The molecule has 0 aliphatic carbocycles. The fourth-order valence-electron chi connectivity index (χ4n) is 1.33. The second-order valence-electron chi connectivity index (χ2n) is 3.89. The molecule has 0 saturated heterocycles. The standard InChI is InChI=1S/C12H24O/c1-4-11(2)7-5-8-12(3)9-6-10-13/h10-12H,4-9H2,1-3H3/i3D3. The van der Waals surface area contributed by atoms with Crippen LogP contribution in [0.3, 0.4) is 0 Å². The van der Waals surface area contributed by atoms with Gasteiger partial charge in [-0.3, -0.25) is 0 Å². The van der Waals surface area contributed by atoms with Crippen LogP contribution < -0.4 is 0 Å². The largest absolute Gasteiger partial charge is 0.303 e. The fraction of sp³-hybridized carbons (Fsp3) is 0.917. The van der Waals surface area contributed by atoms with E-state index in [0.29, 0.717) is 25.2 Å². The molecule has 0 rings (SSSR count). The van der Waals surface area contributed by atoms with Gasteiger partial charge in [-0.2, -0.15) is 0 Å². The smallest absolute Gasteiger partial charge is 0.120 e. The third-order valence-corrected chi connectivity index (χ3v) is 2.58. The van der Waals surface area contributed by atoms with Gasteiger partial charge in [-0.1, -0.05) is 46.4 Å². The minimum Gasteiger partial charge on any atom is -0.303 e. The Morgan fingerprint density at radius 1 is 1.31 bits per heavy atom. The van der Waals surface area contributed by atoms with Crippen molar-refractivity contribution >= 4 is 6.29 Å². The zero-order valence-electron chi connectivity index (χ0n) is 11.9. The predicted octanol–water partition coefficient (Wildman–Crippen LogP) is 3.82. The van der Waals surface area contributed by atoms with Crippen molar-refractivity contribution in [2.45, 2.75) is 59.2 Å². The maximum absolute atomic E-state index is 10.3. The molecule has 0 bridgehead atoms. The van der Waals surface area contributed by atoms with Crippen molar-refractivity contribution in [2.24, 2.45) is 11.8 Å². The van der Waals surface area contributed by atoms with Gasteiger partial charge in [0.05, 0.1) is 0 Å². The van der Waals surface area contributed by atoms with Gasteiger partial charge in [-0.25, -0.2) is 0 Å². The second-order valence-corrected chi connectivity index (χ2v) is 3.89. The summed E-state index contributed by atoms with van der Waals surface area (Å²) in [5.74, 6) is 0.366. The molecule has 2 atom stereocenters. The fourth-order valence-corrected chi connectivity index (χ4v) is 1.33. The molecule has 0 aromatic heterocycles. The summed E-state index contributed by atoms with van der Waals surface area (Å²) in [6, 6.07) is 0. The average Bonchev–Trinajstić information content (AvgIpc) is 2.20. The zero-order valence-corrected chi connectivity index (χ0v) is 8.88. The molecule has 0 N–H and O–H groups in total. The minimum absolute atomic E-state index is 0.304. The lowest BCUT2D eigenvalue weighted by molar-refractivity contribution is -0.108. The van der Waals surface area contributed by atoms with Gasteiger partial charge < -0.3 is 4.79 Å². The molecule has 1 nitrogen and oxygen atoms in total. The molecule has 0 fully saturated rings. The Morgan fingerprint density at radius 2 is 2.00 bits per heavy atom. The van der Waals surface area contributed by atoms with Gasteiger partial charge in [-0.15, -0.1) is 0 Å². The summed E-state index contributed by atoms with van der Waals surface area (Å²) in [6.07, 6.45) is 5.59. The molecule has 13 heavy (non-hydrogen) atoms. The molecule has 0 aliphatic rings. The minimum atomic E-state index is -1.90. The first-order valence-electron chi connectivity index (χ1n) is 6.85. The van der Waals surface area contributed by atoms with Crippen LogP contribution in [0.4, 0.5) is 0 Å². The van der Waals surface area contributed by atoms with Crippen LogP contribution in [-0.4, -0.2) is 6.29 Å². The Morgan fingerprint density at radius 3 is 2.54 bits per heavy atom. The van der Waals surface area contributed by atoms with E-state index in [-0.39, 0.29) is 5.92 Å². The van der Waals surface area contributed by atoms with E-state index >= 15 is 0 Å². The van der Waals surface area contributed by atoms with Gasteiger partial charge in [-0.05, 0) is 18.3 Å². The van der Waals surface area contributed by atoms with Crippen LogP contribution in [-0.2, 0) is 4.79 Å². The highest BCUT2D eigenvalue weighted by atomic mass is 16.1. The quantitative estimate of drug-likeness (QED) is 0.528. The number of rotatable bonds is 8. The molecule has 0 amide bonds. The maximum Gasteiger partial charge on any atom is 0.120 e. The number of aldehydes is 1. The van der Waals surface area contributed by atoms with E-state index in [4.69, 9.17) is 4.11 Å². The molecule has 0 aliphatic heterocycles. The SMILES string of the molecule is [2H]C([2H])([2H])C(CCC=O)CCCC(C)CC. The zero-order chi connectivity index (χ0) is 12.6. The Bertz CT molecular complexity index is 189. The van der Waals surface area contributed by atoms with E-state index in [1.807, 2.05) is 0 Å². The lowest BCUT2D eigenvalue weighted by atomic mass is 9.95. The molecule has 0 radical (unpaired) electrons. The topological polar surface area (TPSA) is 17.1 Å². The lowest BCUT2D eigenvalue weighted by Crippen LogP contribution is -1.98. The molecule has 0 aromatic carbocycles. The van der Waals surface area contributed by atoms with Crippen LogP contribution in [0.5, 0.6) is 0 Å². The molecule has 0 aromatic rings. The van der Waals surface area contributed by atoms with Gasteiger partial charge in [0.25, 0.3) is 0 Å². The van der Waals surface area contributed by atoms with Gasteiger partial charge in [0.1, 0.15) is 6.29 Å². The summed E-state index contributed by atoms with van der Waals surface area (Å²) in [7, 11) is 0. The Kier molecular flexibility index (Phi) is 5.10. The van der Waals surface area contributed by atoms with Gasteiger partial charge in [0, 0.05) is 10.5 Å². The molecule has 2 unspecified atom stereocenters. The Labute approximate surface area is 87.1 Å². The third-order valence-electron chi connectivity index (χ3n) is 2.58. The molecule has 0 heterocycles. The van der Waals surface area contributed by atoms with Gasteiger partial charge >= 0.3 is 0 Å². The van der Waals surface area contributed by atoms with Crippen molar-refractivity contribution in [2.75, 3.05) is 0 Å². The molecule has 1 heteroatoms. The van der Waals surface area contributed by atoms with Crippen molar-refractivity contribution < 1.29 is 8.91 Å². The molecule has 0 saturated carbocycles. The monoisotopic (exact) mass is 187 g/mol. The number of hydrogen-bond acceptors (Lipinski definition) is 1. The van der Waals surface area contributed by atoms with Gasteiger partial charge in [0.15, 0.2) is 0 Å². The molecular formula is C12H24O. The van der Waals surface area contributed by atoms with E-state index in [9.17, 15) is 4.79 Å². The first-order valence-corrected chi connectivity index (χ1v) is 5.35. The van der Waals surface area contributed by atoms with E-state index in [2.05, 4.69) is 13.8 Å². The summed E-state index contributed by atoms with van der Waals surface area (Å²) in [5.41, 5.74) is 0. The first-order chi connectivity index (χ1) is 7.41. The number of hydrogen-bond donors (Lipinski definition) is 0. The molecule has 78 valence electrons. The summed E-state index contributed by atoms with van der Waals surface area (Å²) in [4.78, 5) is 10.3. The van der Waals surface area contributed by atoms with Crippen LogP contribution in [0.25, 0.3) is 0 Å². The summed E-state index contributed by atoms with van der Waals surface area (Å²) in [6.45, 7) is 2.44. The van der Waals surface area contributed by atoms with Crippen molar-refractivity contribution in [3.05, 3.63) is 0 Å². The Hall–Kier alpha value is -0.330. The number of carbonyl (C=O) groups excluding carboxylic acids is 1. The van der Waals surface area contributed by atoms with Crippen molar-refractivity contribution in [3.63, 3.8) is 0 Å². The van der Waals surface area contributed by atoms with Crippen LogP contribution in [0.1, 0.15) is 63.3 Å². The highest BCUT2D eigenvalue weighted by molar-refractivity contribution is 5.49. The van der Waals surface area contributed by atoms with Crippen LogP contribution >= 0.6 is 0 Å². The molecule has 0 spiro atoms. The first kappa shape index (κ1) is 8.02. The highest BCUT2D eigenvalue weighted by Gasteiger charge is 2.03. The Balaban J connectivity index is 3.97. The third kappa shape index (κ3) is 8.01. The van der Waals surface area contributed by atoms with Crippen LogP contribution in [0, 0.1) is 11.8 Å². The van der Waals surface area contributed by atoms with Crippen molar-refractivity contribution in [3.8, 4) is 0 Å². The van der Waals surface area contributed by atoms with E-state index in [1.165, 1.54) is 0 Å². The van der Waals surface area contributed by atoms with E-state index < -0.39 is 6.85 Å². The average molecular weight is 187 g/mol. The maximum atomic E-state index is 10.3. The normalized spacial score (nSPS) is 19.7.